The minimum atomic E-state index is 0.247. The van der Waals surface area contributed by atoms with Crippen LogP contribution in [0.4, 0.5) is 4.79 Å². The van der Waals surface area contributed by atoms with Crippen LogP contribution >= 0.6 is 0 Å². The number of rotatable bonds is 0. The van der Waals surface area contributed by atoms with E-state index in [1.807, 2.05) is 9.80 Å². The van der Waals surface area contributed by atoms with Crippen LogP contribution in [0, 0.1) is 5.92 Å². The second kappa shape index (κ2) is 5.25. The Labute approximate surface area is 104 Å². The largest absolute Gasteiger partial charge is 0.325 e. The van der Waals surface area contributed by atoms with Crippen molar-refractivity contribution in [3.63, 3.8) is 0 Å². The Kier molecular flexibility index (Phi) is 3.92. The van der Waals surface area contributed by atoms with Crippen LogP contribution in [0.15, 0.2) is 0 Å². The van der Waals surface area contributed by atoms with Gasteiger partial charge in [0.15, 0.2) is 0 Å². The first-order chi connectivity index (χ1) is 8.06. The summed E-state index contributed by atoms with van der Waals surface area (Å²) in [6.45, 7) is 10.1. The molecule has 2 amide bonds. The van der Waals surface area contributed by atoms with Crippen LogP contribution < -0.4 is 5.32 Å². The SMILES string of the molecule is CC1CCN(C(=O)N2CC(C)NC(C)C2)CC1. The molecule has 4 nitrogen and oxygen atoms in total. The lowest BCUT2D eigenvalue weighted by Gasteiger charge is -2.40. The predicted octanol–water partition coefficient (Wildman–Crippen LogP) is 1.52. The zero-order valence-electron chi connectivity index (χ0n) is 11.3. The maximum Gasteiger partial charge on any atom is 0.320 e. The van der Waals surface area contributed by atoms with Gasteiger partial charge >= 0.3 is 6.03 Å². The number of amides is 2. The lowest BCUT2D eigenvalue weighted by Crippen LogP contribution is -2.59. The Balaban J connectivity index is 1.90. The summed E-state index contributed by atoms with van der Waals surface area (Å²) in [5.74, 6) is 0.778. The van der Waals surface area contributed by atoms with Gasteiger partial charge in [0.2, 0.25) is 0 Å². The molecular formula is C13H25N3O. The van der Waals surface area contributed by atoms with Crippen molar-refractivity contribution in [2.24, 2.45) is 5.92 Å². The number of nitrogens with one attached hydrogen (secondary N) is 1. The highest BCUT2D eigenvalue weighted by Crippen LogP contribution is 2.18. The van der Waals surface area contributed by atoms with Gasteiger partial charge in [-0.05, 0) is 32.6 Å². The van der Waals surface area contributed by atoms with Crippen molar-refractivity contribution in [3.05, 3.63) is 0 Å². The quantitative estimate of drug-likeness (QED) is 0.695. The fourth-order valence-corrected chi connectivity index (χ4v) is 2.88. The van der Waals surface area contributed by atoms with Crippen LogP contribution in [0.25, 0.3) is 0 Å². The highest BCUT2D eigenvalue weighted by atomic mass is 16.2. The number of piperidine rings is 1. The third kappa shape index (κ3) is 3.12. The number of carbonyl (C=O) groups is 1. The van der Waals surface area contributed by atoms with E-state index in [0.717, 1.165) is 44.9 Å². The van der Waals surface area contributed by atoms with Crippen molar-refractivity contribution in [2.75, 3.05) is 26.2 Å². The Morgan fingerprint density at radius 1 is 1.00 bits per heavy atom. The smallest absolute Gasteiger partial charge is 0.320 e. The molecule has 1 N–H and O–H groups in total. The summed E-state index contributed by atoms with van der Waals surface area (Å²) in [7, 11) is 0. The van der Waals surface area contributed by atoms with E-state index in [0.29, 0.717) is 12.1 Å². The van der Waals surface area contributed by atoms with Crippen LogP contribution in [0.1, 0.15) is 33.6 Å². The van der Waals surface area contributed by atoms with Crippen molar-refractivity contribution in [3.8, 4) is 0 Å². The molecule has 2 heterocycles. The number of hydrogen-bond donors (Lipinski definition) is 1. The molecule has 2 fully saturated rings. The average Bonchev–Trinajstić information content (AvgIpc) is 2.28. The van der Waals surface area contributed by atoms with Gasteiger partial charge in [-0.3, -0.25) is 0 Å². The number of piperazine rings is 1. The number of hydrogen-bond acceptors (Lipinski definition) is 2. The molecule has 4 heteroatoms. The fraction of sp³-hybridized carbons (Fsp3) is 0.923. The van der Waals surface area contributed by atoms with Crippen LogP contribution in [0.3, 0.4) is 0 Å². The van der Waals surface area contributed by atoms with E-state index in [4.69, 9.17) is 0 Å². The monoisotopic (exact) mass is 239 g/mol. The van der Waals surface area contributed by atoms with Gasteiger partial charge in [0.25, 0.3) is 0 Å². The molecule has 0 aromatic carbocycles. The predicted molar refractivity (Wildman–Crippen MR) is 69.0 cm³/mol. The molecule has 98 valence electrons. The highest BCUT2D eigenvalue weighted by molar-refractivity contribution is 5.74. The van der Waals surface area contributed by atoms with Crippen LogP contribution in [-0.2, 0) is 0 Å². The molecule has 2 atom stereocenters. The molecule has 0 radical (unpaired) electrons. The molecule has 0 aromatic rings. The van der Waals surface area contributed by atoms with Crippen LogP contribution in [-0.4, -0.2) is 54.1 Å². The van der Waals surface area contributed by atoms with Crippen molar-refractivity contribution in [2.45, 2.75) is 45.7 Å². The van der Waals surface area contributed by atoms with Gasteiger partial charge in [-0.2, -0.15) is 0 Å². The van der Waals surface area contributed by atoms with E-state index in [9.17, 15) is 4.79 Å². The third-order valence-electron chi connectivity index (χ3n) is 3.88. The second-order valence-corrected chi connectivity index (χ2v) is 5.83. The molecule has 2 unspecified atom stereocenters. The highest BCUT2D eigenvalue weighted by Gasteiger charge is 2.29. The zero-order valence-corrected chi connectivity index (χ0v) is 11.3. The summed E-state index contributed by atoms with van der Waals surface area (Å²) in [4.78, 5) is 16.4. The van der Waals surface area contributed by atoms with E-state index in [1.54, 1.807) is 0 Å². The van der Waals surface area contributed by atoms with Gasteiger partial charge in [-0.25, -0.2) is 4.79 Å². The van der Waals surface area contributed by atoms with E-state index < -0.39 is 0 Å². The van der Waals surface area contributed by atoms with Gasteiger partial charge in [0.05, 0.1) is 0 Å². The van der Waals surface area contributed by atoms with Gasteiger partial charge in [-0.1, -0.05) is 6.92 Å². The molecule has 2 aliphatic rings. The lowest BCUT2D eigenvalue weighted by molar-refractivity contribution is 0.114. The van der Waals surface area contributed by atoms with E-state index in [1.165, 1.54) is 0 Å². The molecule has 0 bridgehead atoms. The summed E-state index contributed by atoms with van der Waals surface area (Å²) >= 11 is 0. The Morgan fingerprint density at radius 3 is 2.06 bits per heavy atom. The first-order valence-corrected chi connectivity index (χ1v) is 6.86. The standard InChI is InChI=1S/C13H25N3O/c1-10-4-6-15(7-5-10)13(17)16-8-11(2)14-12(3)9-16/h10-12,14H,4-9H2,1-3H3. The van der Waals surface area contributed by atoms with Crippen molar-refractivity contribution in [1.82, 2.24) is 15.1 Å². The maximum atomic E-state index is 12.4. The summed E-state index contributed by atoms with van der Waals surface area (Å²) < 4.78 is 0. The number of likely N-dealkylation sites (tertiary alicyclic amines) is 1. The molecule has 2 aliphatic heterocycles. The van der Waals surface area contributed by atoms with E-state index in [2.05, 4.69) is 26.1 Å². The lowest BCUT2D eigenvalue weighted by atomic mass is 9.99. The van der Waals surface area contributed by atoms with Crippen LogP contribution in [0.5, 0.6) is 0 Å². The van der Waals surface area contributed by atoms with Gasteiger partial charge in [0, 0.05) is 38.3 Å². The summed E-state index contributed by atoms with van der Waals surface area (Å²) in [6.07, 6.45) is 2.31. The number of carbonyl (C=O) groups excluding carboxylic acids is 1. The molecular weight excluding hydrogens is 214 g/mol. The number of nitrogens with zero attached hydrogens (tertiary/aromatic N) is 2. The first-order valence-electron chi connectivity index (χ1n) is 6.86. The van der Waals surface area contributed by atoms with Crippen LogP contribution in [0.2, 0.25) is 0 Å². The van der Waals surface area contributed by atoms with E-state index >= 15 is 0 Å². The normalized spacial score (nSPS) is 31.7. The maximum absolute atomic E-state index is 12.4. The number of urea groups is 1. The molecule has 2 saturated heterocycles. The summed E-state index contributed by atoms with van der Waals surface area (Å²) in [5.41, 5.74) is 0. The van der Waals surface area contributed by atoms with Gasteiger partial charge < -0.3 is 15.1 Å². The Bertz CT molecular complexity index is 264. The molecule has 0 saturated carbocycles. The topological polar surface area (TPSA) is 35.6 Å². The molecule has 17 heavy (non-hydrogen) atoms. The van der Waals surface area contributed by atoms with Gasteiger partial charge in [0.1, 0.15) is 0 Å². The Hall–Kier alpha value is -0.770. The fourth-order valence-electron chi connectivity index (χ4n) is 2.88. The van der Waals surface area contributed by atoms with Crippen molar-refractivity contribution in [1.29, 1.82) is 0 Å². The molecule has 0 aromatic heterocycles. The minimum absolute atomic E-state index is 0.247. The van der Waals surface area contributed by atoms with Gasteiger partial charge in [-0.15, -0.1) is 0 Å². The molecule has 0 aliphatic carbocycles. The Morgan fingerprint density at radius 2 is 1.53 bits per heavy atom. The summed E-state index contributed by atoms with van der Waals surface area (Å²) in [5, 5.41) is 3.46. The summed E-state index contributed by atoms with van der Waals surface area (Å²) in [6, 6.07) is 1.06. The first kappa shape index (κ1) is 12.7. The minimum Gasteiger partial charge on any atom is -0.325 e. The van der Waals surface area contributed by atoms with E-state index in [-0.39, 0.29) is 6.03 Å². The van der Waals surface area contributed by atoms with Crippen molar-refractivity contribution < 1.29 is 4.79 Å². The average molecular weight is 239 g/mol. The molecule has 0 spiro atoms. The zero-order chi connectivity index (χ0) is 12.4. The van der Waals surface area contributed by atoms with Crippen molar-refractivity contribution >= 4 is 6.03 Å². The second-order valence-electron chi connectivity index (χ2n) is 5.83. The molecule has 2 rings (SSSR count). The third-order valence-corrected chi connectivity index (χ3v) is 3.88.